The summed E-state index contributed by atoms with van der Waals surface area (Å²) in [6, 6.07) is 7.38. The summed E-state index contributed by atoms with van der Waals surface area (Å²) in [5.74, 6) is 1.05. The first-order valence-electron chi connectivity index (χ1n) is 10.1. The molecule has 8 heteroatoms. The van der Waals surface area contributed by atoms with Crippen LogP contribution in [0.1, 0.15) is 60.6 Å². The molecule has 1 aromatic heterocycles. The van der Waals surface area contributed by atoms with Crippen molar-refractivity contribution in [1.29, 1.82) is 0 Å². The van der Waals surface area contributed by atoms with E-state index >= 15 is 0 Å². The van der Waals surface area contributed by atoms with Crippen molar-refractivity contribution in [3.05, 3.63) is 46.0 Å². The van der Waals surface area contributed by atoms with Crippen LogP contribution in [0.5, 0.6) is 0 Å². The number of carbonyl (C=O) groups excluding carboxylic acids is 2. The highest BCUT2D eigenvalue weighted by atomic mass is 79.9. The number of piperidine rings is 1. The van der Waals surface area contributed by atoms with Gasteiger partial charge in [0, 0.05) is 36.0 Å². The lowest BCUT2D eigenvalue weighted by atomic mass is 9.91. The maximum absolute atomic E-state index is 13.0. The van der Waals surface area contributed by atoms with E-state index in [1.54, 1.807) is 6.92 Å². The molecular formula is C21H25BrN4O3. The van der Waals surface area contributed by atoms with Gasteiger partial charge in [0.25, 0.3) is 5.91 Å². The summed E-state index contributed by atoms with van der Waals surface area (Å²) in [4.78, 5) is 31.9. The number of nitrogens with one attached hydrogen (secondary N) is 1. The first kappa shape index (κ1) is 20.1. The van der Waals surface area contributed by atoms with Crippen molar-refractivity contribution in [2.24, 2.45) is 5.92 Å². The number of rotatable bonds is 4. The number of nitrogens with zero attached hydrogens (tertiary/aromatic N) is 3. The molecule has 2 fully saturated rings. The van der Waals surface area contributed by atoms with Crippen molar-refractivity contribution in [1.82, 2.24) is 20.4 Å². The van der Waals surface area contributed by atoms with E-state index in [0.29, 0.717) is 43.2 Å². The number of hydrogen-bond donors (Lipinski definition) is 1. The van der Waals surface area contributed by atoms with Gasteiger partial charge in [0.2, 0.25) is 11.8 Å². The first-order chi connectivity index (χ1) is 14.0. The van der Waals surface area contributed by atoms with Gasteiger partial charge in [-0.15, -0.1) is 0 Å². The molecule has 0 radical (unpaired) electrons. The van der Waals surface area contributed by atoms with Crippen molar-refractivity contribution in [2.75, 3.05) is 13.1 Å². The normalized spacial score (nSPS) is 19.3. The monoisotopic (exact) mass is 460 g/mol. The maximum atomic E-state index is 13.0. The van der Waals surface area contributed by atoms with Crippen LogP contribution in [0, 0.1) is 12.8 Å². The quantitative estimate of drug-likeness (QED) is 0.752. The van der Waals surface area contributed by atoms with E-state index in [-0.39, 0.29) is 17.7 Å². The minimum absolute atomic E-state index is 0.0193. The van der Waals surface area contributed by atoms with Gasteiger partial charge in [-0.25, -0.2) is 0 Å². The number of benzene rings is 1. The summed E-state index contributed by atoms with van der Waals surface area (Å²) in [6.45, 7) is 2.93. The smallest absolute Gasteiger partial charge is 0.253 e. The van der Waals surface area contributed by atoms with Crippen LogP contribution in [0.15, 0.2) is 33.3 Å². The fourth-order valence-electron chi connectivity index (χ4n) is 4.33. The molecule has 1 aliphatic heterocycles. The van der Waals surface area contributed by atoms with Crippen molar-refractivity contribution in [2.45, 2.75) is 51.0 Å². The van der Waals surface area contributed by atoms with Gasteiger partial charge in [-0.1, -0.05) is 33.9 Å². The molecular weight excluding hydrogens is 436 g/mol. The molecule has 1 aliphatic carbocycles. The van der Waals surface area contributed by atoms with E-state index in [1.807, 2.05) is 29.2 Å². The van der Waals surface area contributed by atoms with Crippen molar-refractivity contribution in [3.8, 4) is 0 Å². The van der Waals surface area contributed by atoms with Crippen LogP contribution in [0.4, 0.5) is 0 Å². The molecule has 1 saturated heterocycles. The molecule has 1 N–H and O–H groups in total. The largest absolute Gasteiger partial charge is 0.343 e. The average Bonchev–Trinajstić information content (AvgIpc) is 3.38. The highest BCUT2D eigenvalue weighted by molar-refractivity contribution is 9.10. The third kappa shape index (κ3) is 4.22. The number of amides is 2. The third-order valence-corrected chi connectivity index (χ3v) is 6.55. The van der Waals surface area contributed by atoms with Gasteiger partial charge < -0.3 is 14.7 Å². The van der Waals surface area contributed by atoms with Gasteiger partial charge in [0.15, 0.2) is 5.82 Å². The number of likely N-dealkylation sites (tertiary alicyclic amines) is 1. The van der Waals surface area contributed by atoms with Gasteiger partial charge in [-0.05, 0) is 49.9 Å². The number of aryl methyl sites for hydroxylation is 1. The van der Waals surface area contributed by atoms with Crippen LogP contribution >= 0.6 is 15.9 Å². The zero-order valence-corrected chi connectivity index (χ0v) is 18.1. The number of hydrogen-bond acceptors (Lipinski definition) is 5. The Labute approximate surface area is 178 Å². The Morgan fingerprint density at radius 1 is 1.17 bits per heavy atom. The molecule has 0 spiro atoms. The van der Waals surface area contributed by atoms with Crippen LogP contribution in [-0.2, 0) is 10.3 Å². The second-order valence-corrected chi connectivity index (χ2v) is 8.90. The van der Waals surface area contributed by atoms with Gasteiger partial charge in [-0.3, -0.25) is 9.59 Å². The Morgan fingerprint density at radius 2 is 1.83 bits per heavy atom. The number of halogens is 1. The Bertz CT molecular complexity index is 882. The lowest BCUT2D eigenvalue weighted by Crippen LogP contribution is -2.49. The fraction of sp³-hybridized carbons (Fsp3) is 0.524. The zero-order chi connectivity index (χ0) is 20.4. The SMILES string of the molecule is Cc1nc(C2(NC(=O)C3CCN(C(=O)c4ccc(Br)cc4)CC3)CCCC2)no1. The maximum Gasteiger partial charge on any atom is 0.253 e. The molecule has 7 nitrogen and oxygen atoms in total. The van der Waals surface area contributed by atoms with E-state index in [9.17, 15) is 9.59 Å². The summed E-state index contributed by atoms with van der Waals surface area (Å²) < 4.78 is 6.11. The van der Waals surface area contributed by atoms with E-state index in [2.05, 4.69) is 31.4 Å². The Morgan fingerprint density at radius 3 is 2.41 bits per heavy atom. The van der Waals surface area contributed by atoms with Crippen LogP contribution < -0.4 is 5.32 Å². The number of carbonyl (C=O) groups is 2. The molecule has 4 rings (SSSR count). The predicted octanol–water partition coefficient (Wildman–Crippen LogP) is 3.58. The van der Waals surface area contributed by atoms with Crippen LogP contribution in [0.3, 0.4) is 0 Å². The minimum atomic E-state index is -0.515. The van der Waals surface area contributed by atoms with Crippen LogP contribution in [0.2, 0.25) is 0 Å². The highest BCUT2D eigenvalue weighted by Crippen LogP contribution is 2.38. The van der Waals surface area contributed by atoms with Crippen LogP contribution in [-0.4, -0.2) is 39.9 Å². The van der Waals surface area contributed by atoms with Gasteiger partial charge in [0.05, 0.1) is 0 Å². The van der Waals surface area contributed by atoms with Crippen molar-refractivity contribution < 1.29 is 14.1 Å². The van der Waals surface area contributed by atoms with Crippen molar-refractivity contribution >= 4 is 27.7 Å². The molecule has 29 heavy (non-hydrogen) atoms. The number of aromatic nitrogens is 2. The van der Waals surface area contributed by atoms with Crippen molar-refractivity contribution in [3.63, 3.8) is 0 Å². The fourth-order valence-corrected chi connectivity index (χ4v) is 4.60. The molecule has 0 bridgehead atoms. The molecule has 2 aromatic rings. The third-order valence-electron chi connectivity index (χ3n) is 6.02. The summed E-state index contributed by atoms with van der Waals surface area (Å²) in [6.07, 6.45) is 5.06. The first-order valence-corrected chi connectivity index (χ1v) is 10.9. The summed E-state index contributed by atoms with van der Waals surface area (Å²) in [5.41, 5.74) is 0.160. The zero-order valence-electron chi connectivity index (χ0n) is 16.5. The Balaban J connectivity index is 1.37. The van der Waals surface area contributed by atoms with Gasteiger partial charge >= 0.3 is 0 Å². The lowest BCUT2D eigenvalue weighted by Gasteiger charge is -2.34. The highest BCUT2D eigenvalue weighted by Gasteiger charge is 2.42. The van der Waals surface area contributed by atoms with Gasteiger partial charge in [-0.2, -0.15) is 4.98 Å². The molecule has 2 heterocycles. The van der Waals surface area contributed by atoms with E-state index in [0.717, 1.165) is 30.2 Å². The summed E-state index contributed by atoms with van der Waals surface area (Å²) in [5, 5.41) is 7.33. The van der Waals surface area contributed by atoms with E-state index in [1.165, 1.54) is 0 Å². The Kier molecular flexibility index (Phi) is 5.72. The van der Waals surface area contributed by atoms with E-state index < -0.39 is 5.54 Å². The molecule has 0 atom stereocenters. The summed E-state index contributed by atoms with van der Waals surface area (Å²) in [7, 11) is 0. The second kappa shape index (κ2) is 8.26. The van der Waals surface area contributed by atoms with E-state index in [4.69, 9.17) is 4.52 Å². The molecule has 2 aliphatic rings. The average molecular weight is 461 g/mol. The molecule has 2 amide bonds. The summed E-state index contributed by atoms with van der Waals surface area (Å²) >= 11 is 3.39. The second-order valence-electron chi connectivity index (χ2n) is 7.99. The molecule has 154 valence electrons. The lowest BCUT2D eigenvalue weighted by molar-refractivity contribution is -0.128. The molecule has 1 saturated carbocycles. The minimum Gasteiger partial charge on any atom is -0.343 e. The van der Waals surface area contributed by atoms with Gasteiger partial charge in [0.1, 0.15) is 5.54 Å². The topological polar surface area (TPSA) is 88.3 Å². The molecule has 0 unspecified atom stereocenters. The van der Waals surface area contributed by atoms with Crippen LogP contribution in [0.25, 0.3) is 0 Å². The molecule has 1 aromatic carbocycles. The Hall–Kier alpha value is -2.22. The standard InChI is InChI=1S/C21H25BrN4O3/c1-14-23-20(25-29-14)21(10-2-3-11-21)24-18(27)15-8-12-26(13-9-15)19(28)16-4-6-17(22)7-5-16/h4-7,15H,2-3,8-13H2,1H3,(H,24,27). The predicted molar refractivity (Wildman–Crippen MR) is 110 cm³/mol.